The highest BCUT2D eigenvalue weighted by atomic mass is 16.5. The summed E-state index contributed by atoms with van der Waals surface area (Å²) >= 11 is 0. The third-order valence-corrected chi connectivity index (χ3v) is 3.38. The Hall–Kier alpha value is -2.30. The molecule has 0 N–H and O–H groups in total. The van der Waals surface area contributed by atoms with E-state index in [1.54, 1.807) is 18.3 Å². The molecule has 124 valence electrons. The van der Waals surface area contributed by atoms with Gasteiger partial charge in [0.2, 0.25) is 0 Å². The lowest BCUT2D eigenvalue weighted by atomic mass is 10.1. The summed E-state index contributed by atoms with van der Waals surface area (Å²) in [6.07, 6.45) is 3.48. The van der Waals surface area contributed by atoms with Crippen molar-refractivity contribution in [2.24, 2.45) is 0 Å². The smallest absolute Gasteiger partial charge is 0.326 e. The number of rotatable bonds is 7. The zero-order valence-corrected chi connectivity index (χ0v) is 13.9. The molecular formula is C18H23NO4. The van der Waals surface area contributed by atoms with Crippen molar-refractivity contribution in [3.8, 4) is 5.75 Å². The second-order valence-corrected chi connectivity index (χ2v) is 5.74. The van der Waals surface area contributed by atoms with Crippen molar-refractivity contribution < 1.29 is 14.3 Å². The Kier molecular flexibility index (Phi) is 5.79. The predicted octanol–water partition coefficient (Wildman–Crippen LogP) is 3.13. The van der Waals surface area contributed by atoms with E-state index in [9.17, 15) is 9.59 Å². The summed E-state index contributed by atoms with van der Waals surface area (Å²) in [5.41, 5.74) is -0.203. The summed E-state index contributed by atoms with van der Waals surface area (Å²) in [6.45, 7) is 6.26. The Labute approximate surface area is 135 Å². The van der Waals surface area contributed by atoms with E-state index in [1.165, 1.54) is 4.57 Å². The molecule has 0 fully saturated rings. The molecule has 0 saturated carbocycles. The van der Waals surface area contributed by atoms with E-state index in [0.29, 0.717) is 12.0 Å². The van der Waals surface area contributed by atoms with Gasteiger partial charge in [-0.2, -0.15) is 0 Å². The number of nitrogens with zero attached hydrogens (tertiary/aromatic N) is 1. The van der Waals surface area contributed by atoms with Gasteiger partial charge >= 0.3 is 5.97 Å². The number of ether oxygens (including phenoxy) is 2. The molecule has 0 amide bonds. The number of hydrogen-bond donors (Lipinski definition) is 0. The lowest BCUT2D eigenvalue weighted by Crippen LogP contribution is -2.25. The largest absolute Gasteiger partial charge is 0.491 e. The molecule has 2 aromatic rings. The van der Waals surface area contributed by atoms with E-state index in [4.69, 9.17) is 9.47 Å². The number of aromatic nitrogens is 1. The number of fused-ring (bicyclic) bond motifs is 1. The van der Waals surface area contributed by atoms with Crippen LogP contribution in [-0.4, -0.2) is 23.2 Å². The Morgan fingerprint density at radius 2 is 2.04 bits per heavy atom. The SMILES string of the molecule is CCCCOC(=O)Cn1ccc2cc(OC(C)C)ccc2c1=O. The lowest BCUT2D eigenvalue weighted by Gasteiger charge is -2.11. The van der Waals surface area contributed by atoms with E-state index in [1.807, 2.05) is 32.9 Å². The number of pyridine rings is 1. The van der Waals surface area contributed by atoms with Crippen LogP contribution in [0.2, 0.25) is 0 Å². The van der Waals surface area contributed by atoms with Crippen LogP contribution in [0.15, 0.2) is 35.3 Å². The minimum absolute atomic E-state index is 0.0667. The number of carbonyl (C=O) groups is 1. The average molecular weight is 317 g/mol. The number of carbonyl (C=O) groups excluding carboxylic acids is 1. The standard InChI is InChI=1S/C18H23NO4/c1-4-5-10-22-17(20)12-19-9-8-14-11-15(23-13(2)3)6-7-16(14)18(19)21/h6-9,11,13H,4-5,10,12H2,1-3H3. The predicted molar refractivity (Wildman–Crippen MR) is 89.8 cm³/mol. The zero-order valence-electron chi connectivity index (χ0n) is 13.9. The summed E-state index contributed by atoms with van der Waals surface area (Å²) in [6, 6.07) is 7.14. The quantitative estimate of drug-likeness (QED) is 0.581. The van der Waals surface area contributed by atoms with E-state index in [2.05, 4.69) is 0 Å². The number of hydrogen-bond acceptors (Lipinski definition) is 4. The molecule has 1 aromatic heterocycles. The molecule has 2 rings (SSSR count). The molecule has 5 nitrogen and oxygen atoms in total. The van der Waals surface area contributed by atoms with Crippen LogP contribution >= 0.6 is 0 Å². The van der Waals surface area contributed by atoms with E-state index >= 15 is 0 Å². The fraction of sp³-hybridized carbons (Fsp3) is 0.444. The highest BCUT2D eigenvalue weighted by molar-refractivity contribution is 5.83. The topological polar surface area (TPSA) is 57.5 Å². The van der Waals surface area contributed by atoms with E-state index in [0.717, 1.165) is 24.0 Å². The van der Waals surface area contributed by atoms with Gasteiger partial charge in [0.15, 0.2) is 0 Å². The monoisotopic (exact) mass is 317 g/mol. The molecule has 23 heavy (non-hydrogen) atoms. The van der Waals surface area contributed by atoms with Gasteiger partial charge in [0.05, 0.1) is 12.7 Å². The van der Waals surface area contributed by atoms with Gasteiger partial charge in [-0.15, -0.1) is 0 Å². The minimum Gasteiger partial charge on any atom is -0.491 e. The highest BCUT2D eigenvalue weighted by Gasteiger charge is 2.09. The molecule has 0 spiro atoms. The fourth-order valence-electron chi connectivity index (χ4n) is 2.25. The molecular weight excluding hydrogens is 294 g/mol. The maximum Gasteiger partial charge on any atom is 0.326 e. The van der Waals surface area contributed by atoms with E-state index in [-0.39, 0.29) is 24.2 Å². The van der Waals surface area contributed by atoms with Gasteiger partial charge in [-0.25, -0.2) is 0 Å². The van der Waals surface area contributed by atoms with Crippen LogP contribution in [-0.2, 0) is 16.1 Å². The first-order valence-corrected chi connectivity index (χ1v) is 7.96. The van der Waals surface area contributed by atoms with Gasteiger partial charge < -0.3 is 14.0 Å². The maximum atomic E-state index is 12.4. The molecule has 0 saturated heterocycles. The molecule has 0 aliphatic rings. The van der Waals surface area contributed by atoms with Crippen LogP contribution in [0.25, 0.3) is 10.8 Å². The maximum absolute atomic E-state index is 12.4. The van der Waals surface area contributed by atoms with Crippen molar-refractivity contribution in [3.63, 3.8) is 0 Å². The van der Waals surface area contributed by atoms with Crippen LogP contribution in [0, 0.1) is 0 Å². The summed E-state index contributed by atoms with van der Waals surface area (Å²) in [5, 5.41) is 1.36. The van der Waals surface area contributed by atoms with Crippen LogP contribution in [0.1, 0.15) is 33.6 Å². The van der Waals surface area contributed by atoms with Crippen LogP contribution in [0.4, 0.5) is 0 Å². The number of esters is 1. The third kappa shape index (κ3) is 4.58. The first kappa shape index (κ1) is 17.1. The van der Waals surface area contributed by atoms with E-state index < -0.39 is 0 Å². The average Bonchev–Trinajstić information content (AvgIpc) is 2.50. The van der Waals surface area contributed by atoms with Crippen molar-refractivity contribution >= 4 is 16.7 Å². The second-order valence-electron chi connectivity index (χ2n) is 5.74. The summed E-state index contributed by atoms with van der Waals surface area (Å²) in [4.78, 5) is 24.2. The zero-order chi connectivity index (χ0) is 16.8. The third-order valence-electron chi connectivity index (χ3n) is 3.38. The van der Waals surface area contributed by atoms with Gasteiger partial charge in [-0.1, -0.05) is 13.3 Å². The molecule has 0 atom stereocenters. The van der Waals surface area contributed by atoms with Crippen LogP contribution in [0.5, 0.6) is 5.75 Å². The molecule has 0 unspecified atom stereocenters. The molecule has 0 bridgehead atoms. The van der Waals surface area contributed by atoms with Gasteiger partial charge in [-0.3, -0.25) is 9.59 Å². The molecule has 0 radical (unpaired) electrons. The van der Waals surface area contributed by atoms with Gasteiger partial charge in [0.25, 0.3) is 5.56 Å². The van der Waals surface area contributed by atoms with Gasteiger partial charge in [0.1, 0.15) is 12.3 Å². The van der Waals surface area contributed by atoms with Crippen molar-refractivity contribution in [2.75, 3.05) is 6.61 Å². The number of benzene rings is 1. The Bertz CT molecular complexity index is 733. The Balaban J connectivity index is 2.18. The van der Waals surface area contributed by atoms with Crippen molar-refractivity contribution in [2.45, 2.75) is 46.3 Å². The first-order valence-electron chi connectivity index (χ1n) is 7.96. The fourth-order valence-corrected chi connectivity index (χ4v) is 2.25. The first-order chi connectivity index (χ1) is 11.0. The van der Waals surface area contributed by atoms with Crippen LogP contribution in [0.3, 0.4) is 0 Å². The Morgan fingerprint density at radius 1 is 1.26 bits per heavy atom. The second kappa shape index (κ2) is 7.81. The van der Waals surface area contributed by atoms with Crippen LogP contribution < -0.4 is 10.3 Å². The lowest BCUT2D eigenvalue weighted by molar-refractivity contribution is -0.144. The number of unbranched alkanes of at least 4 members (excludes halogenated alkanes) is 1. The molecule has 1 aromatic carbocycles. The van der Waals surface area contributed by atoms with Crippen molar-refractivity contribution in [3.05, 3.63) is 40.8 Å². The summed E-state index contributed by atoms with van der Waals surface area (Å²) in [5.74, 6) is 0.336. The van der Waals surface area contributed by atoms with Crippen molar-refractivity contribution in [1.82, 2.24) is 4.57 Å². The highest BCUT2D eigenvalue weighted by Crippen LogP contribution is 2.19. The summed E-state index contributed by atoms with van der Waals surface area (Å²) in [7, 11) is 0. The molecule has 0 aliphatic heterocycles. The molecule has 1 heterocycles. The molecule has 0 aliphatic carbocycles. The van der Waals surface area contributed by atoms with Gasteiger partial charge in [0, 0.05) is 11.6 Å². The minimum atomic E-state index is -0.389. The normalized spacial score (nSPS) is 11.0. The van der Waals surface area contributed by atoms with Crippen molar-refractivity contribution in [1.29, 1.82) is 0 Å². The molecule has 5 heteroatoms. The Morgan fingerprint density at radius 3 is 2.74 bits per heavy atom. The van der Waals surface area contributed by atoms with Gasteiger partial charge in [-0.05, 0) is 49.9 Å². The summed E-state index contributed by atoms with van der Waals surface area (Å²) < 4.78 is 12.1.